The summed E-state index contributed by atoms with van der Waals surface area (Å²) in [5, 5.41) is 1.33. The van der Waals surface area contributed by atoms with Crippen LogP contribution in [0.1, 0.15) is 53.1 Å². The van der Waals surface area contributed by atoms with Crippen molar-refractivity contribution in [3.63, 3.8) is 0 Å². The minimum Gasteiger partial charge on any atom is -0.309 e. The summed E-state index contributed by atoms with van der Waals surface area (Å²) >= 11 is 0. The first-order valence-electron chi connectivity index (χ1n) is 13.8. The second kappa shape index (κ2) is 12.3. The van der Waals surface area contributed by atoms with Crippen molar-refractivity contribution in [3.8, 4) is 0 Å². The summed E-state index contributed by atoms with van der Waals surface area (Å²) in [4.78, 5) is 19.6. The quantitative estimate of drug-likeness (QED) is 0.351. The van der Waals surface area contributed by atoms with Crippen molar-refractivity contribution in [2.24, 2.45) is 4.99 Å². The lowest BCUT2D eigenvalue weighted by Crippen LogP contribution is -2.33. The molecule has 2 aromatic carbocycles. The van der Waals surface area contributed by atoms with Crippen LogP contribution in [0.4, 0.5) is 26.3 Å². The summed E-state index contributed by atoms with van der Waals surface area (Å²) in [6, 6.07) is 7.00. The van der Waals surface area contributed by atoms with E-state index in [1.54, 1.807) is 15.3 Å². The number of benzene rings is 2. The molecule has 0 saturated carbocycles. The molecule has 42 heavy (non-hydrogen) atoms. The highest BCUT2D eigenvalue weighted by molar-refractivity contribution is 5.83. The van der Waals surface area contributed by atoms with Crippen LogP contribution >= 0.6 is 0 Å². The molecular weight excluding hydrogens is 558 g/mol. The molecule has 0 radical (unpaired) electrons. The fraction of sp³-hybridized carbons (Fsp3) is 0.419. The Bertz CT molecular complexity index is 1630. The van der Waals surface area contributed by atoms with E-state index in [9.17, 15) is 31.1 Å². The van der Waals surface area contributed by atoms with Gasteiger partial charge >= 0.3 is 18.0 Å². The van der Waals surface area contributed by atoms with Crippen molar-refractivity contribution in [2.75, 3.05) is 20.6 Å². The van der Waals surface area contributed by atoms with Gasteiger partial charge in [0.1, 0.15) is 0 Å². The van der Waals surface area contributed by atoms with Gasteiger partial charge in [-0.05, 0) is 99.8 Å². The molecule has 0 aliphatic carbocycles. The number of imidazole rings is 1. The number of aliphatic imine (C=N–C) groups is 1. The van der Waals surface area contributed by atoms with E-state index in [-0.39, 0.29) is 23.7 Å². The Hall–Kier alpha value is -3.60. The topological polar surface area (TPSA) is 42.5 Å². The summed E-state index contributed by atoms with van der Waals surface area (Å²) in [5.41, 5.74) is -0.363. The maximum Gasteiger partial charge on any atom is 0.416 e. The summed E-state index contributed by atoms with van der Waals surface area (Å²) in [5.74, 6) is 0. The Kier molecular flexibility index (Phi) is 9.20. The van der Waals surface area contributed by atoms with Crippen molar-refractivity contribution in [2.45, 2.75) is 64.1 Å². The van der Waals surface area contributed by atoms with E-state index in [4.69, 9.17) is 0 Å². The number of rotatable bonds is 8. The lowest BCUT2D eigenvalue weighted by molar-refractivity contribution is -0.143. The summed E-state index contributed by atoms with van der Waals surface area (Å²) in [6.07, 6.45) is -4.63. The molecule has 0 amide bonds. The number of aromatic nitrogens is 2. The third-order valence-electron chi connectivity index (χ3n) is 7.52. The van der Waals surface area contributed by atoms with E-state index in [1.165, 1.54) is 0 Å². The van der Waals surface area contributed by atoms with Crippen LogP contribution in [0.3, 0.4) is 0 Å². The van der Waals surface area contributed by atoms with Crippen LogP contribution in [0.15, 0.2) is 46.2 Å². The molecule has 4 rings (SSSR count). The summed E-state index contributed by atoms with van der Waals surface area (Å²) in [7, 11) is 3.95. The second-order valence-electron chi connectivity index (χ2n) is 10.8. The average molecular weight is 593 g/mol. The van der Waals surface area contributed by atoms with Gasteiger partial charge in [0.05, 0.1) is 27.9 Å². The molecule has 2 heterocycles. The van der Waals surface area contributed by atoms with E-state index in [0.29, 0.717) is 42.7 Å². The number of nitrogens with zero attached hydrogens (tertiary/aromatic N) is 4. The molecule has 1 aliphatic heterocycles. The van der Waals surface area contributed by atoms with Crippen LogP contribution in [0.25, 0.3) is 12.7 Å². The molecule has 3 aromatic rings. The van der Waals surface area contributed by atoms with Gasteiger partial charge in [-0.15, -0.1) is 0 Å². The van der Waals surface area contributed by atoms with Gasteiger partial charge in [0.2, 0.25) is 0 Å². The van der Waals surface area contributed by atoms with Crippen molar-refractivity contribution in [3.05, 3.63) is 91.0 Å². The molecule has 0 fully saturated rings. The van der Waals surface area contributed by atoms with Gasteiger partial charge in [-0.1, -0.05) is 24.8 Å². The fourth-order valence-electron chi connectivity index (χ4n) is 5.30. The van der Waals surface area contributed by atoms with Gasteiger partial charge in [0.15, 0.2) is 0 Å². The standard InChI is InChI=1S/C31H34F6N4O/c1-5-40-20(2)28(41(29(40)42)14-6-13-39(3)4)16-21-7-8-22-10-12-26(38-19-24(22)15-21)17-23-9-11-25(30(32,33)34)18-27(23)31(35,36)37/h7-9,11,15-16,18-19,26H,2,5-6,10,12-14,17H2,1,3-4H3/b28-16-. The number of hydrogen-bond donors (Lipinski definition) is 0. The highest BCUT2D eigenvalue weighted by Crippen LogP contribution is 2.38. The Balaban J connectivity index is 1.63. The van der Waals surface area contributed by atoms with Crippen molar-refractivity contribution in [1.29, 1.82) is 0 Å². The highest BCUT2D eigenvalue weighted by Gasteiger charge is 2.38. The SMILES string of the molecule is C=c1/c(=C/c2ccc3c(c2)C=NC(Cc2ccc(C(F)(F)F)cc2C(F)(F)F)CC3)n(CCCN(C)C)c(=O)n1CC. The van der Waals surface area contributed by atoms with Crippen molar-refractivity contribution >= 4 is 18.9 Å². The van der Waals surface area contributed by atoms with Gasteiger partial charge in [-0.3, -0.25) is 14.1 Å². The molecule has 226 valence electrons. The van der Waals surface area contributed by atoms with Gasteiger partial charge < -0.3 is 4.90 Å². The maximum atomic E-state index is 13.7. The third kappa shape index (κ3) is 7.06. The van der Waals surface area contributed by atoms with Crippen LogP contribution in [0, 0.1) is 0 Å². The normalized spacial score (nSPS) is 16.2. The first-order chi connectivity index (χ1) is 19.7. The maximum absolute atomic E-state index is 13.7. The Labute approximate surface area is 240 Å². The Morgan fingerprint density at radius 2 is 1.79 bits per heavy atom. The number of alkyl halides is 6. The predicted octanol–water partition coefficient (Wildman–Crippen LogP) is 4.87. The number of fused-ring (bicyclic) bond motifs is 1. The Morgan fingerprint density at radius 1 is 1.05 bits per heavy atom. The molecule has 0 N–H and O–H groups in total. The van der Waals surface area contributed by atoms with Crippen molar-refractivity contribution < 1.29 is 26.3 Å². The zero-order valence-corrected chi connectivity index (χ0v) is 23.8. The van der Waals surface area contributed by atoms with E-state index in [0.717, 1.165) is 35.7 Å². The molecular formula is C31H34F6N4O. The zero-order valence-electron chi connectivity index (χ0n) is 23.8. The lowest BCUT2D eigenvalue weighted by atomic mass is 9.94. The van der Waals surface area contributed by atoms with Crippen LogP contribution in [0.5, 0.6) is 0 Å². The van der Waals surface area contributed by atoms with Gasteiger partial charge in [-0.25, -0.2) is 4.79 Å². The van der Waals surface area contributed by atoms with Crippen LogP contribution in [0.2, 0.25) is 0 Å². The highest BCUT2D eigenvalue weighted by atomic mass is 19.4. The second-order valence-corrected chi connectivity index (χ2v) is 10.8. The monoisotopic (exact) mass is 592 g/mol. The molecule has 0 saturated heterocycles. The van der Waals surface area contributed by atoms with Crippen LogP contribution < -0.4 is 16.4 Å². The zero-order chi connectivity index (χ0) is 30.8. The fourth-order valence-corrected chi connectivity index (χ4v) is 5.30. The predicted molar refractivity (Wildman–Crippen MR) is 152 cm³/mol. The first-order valence-corrected chi connectivity index (χ1v) is 13.8. The first kappa shape index (κ1) is 31.3. The molecule has 1 aliphatic rings. The molecule has 0 bridgehead atoms. The van der Waals surface area contributed by atoms with Crippen molar-refractivity contribution in [1.82, 2.24) is 14.0 Å². The minimum atomic E-state index is -4.92. The Morgan fingerprint density at radius 3 is 2.43 bits per heavy atom. The van der Waals surface area contributed by atoms with Gasteiger partial charge in [0.25, 0.3) is 0 Å². The number of aryl methyl sites for hydroxylation is 1. The smallest absolute Gasteiger partial charge is 0.309 e. The molecule has 0 spiro atoms. The molecule has 11 heteroatoms. The molecule has 5 nitrogen and oxygen atoms in total. The molecule has 1 unspecified atom stereocenters. The van der Waals surface area contributed by atoms with E-state index in [1.807, 2.05) is 45.3 Å². The van der Waals surface area contributed by atoms with E-state index >= 15 is 0 Å². The molecule has 1 atom stereocenters. The third-order valence-corrected chi connectivity index (χ3v) is 7.52. The lowest BCUT2D eigenvalue weighted by Gasteiger charge is -2.18. The van der Waals surface area contributed by atoms with Gasteiger partial charge in [0, 0.05) is 19.3 Å². The van der Waals surface area contributed by atoms with Gasteiger partial charge in [-0.2, -0.15) is 26.3 Å². The summed E-state index contributed by atoms with van der Waals surface area (Å²) < 4.78 is 83.6. The average Bonchev–Trinajstić information content (AvgIpc) is 3.02. The number of hydrogen-bond acceptors (Lipinski definition) is 3. The van der Waals surface area contributed by atoms with Crippen LogP contribution in [-0.4, -0.2) is 46.9 Å². The largest absolute Gasteiger partial charge is 0.416 e. The minimum absolute atomic E-state index is 0.117. The molecule has 1 aromatic heterocycles. The van der Waals surface area contributed by atoms with Crippen LogP contribution in [-0.2, 0) is 38.3 Å². The van der Waals surface area contributed by atoms with E-state index < -0.39 is 29.5 Å². The summed E-state index contributed by atoms with van der Waals surface area (Å²) in [6.45, 7) is 7.88. The van der Waals surface area contributed by atoms with E-state index in [2.05, 4.69) is 16.5 Å². The number of halogens is 6.